The van der Waals surface area contributed by atoms with E-state index in [4.69, 9.17) is 14.7 Å². The third-order valence-corrected chi connectivity index (χ3v) is 3.01. The summed E-state index contributed by atoms with van der Waals surface area (Å²) in [5, 5.41) is 19.6. The molecule has 2 aromatic rings. The molecule has 6 heteroatoms. The molecule has 0 atom stereocenters. The van der Waals surface area contributed by atoms with Gasteiger partial charge in [-0.25, -0.2) is 0 Å². The monoisotopic (exact) mass is 298 g/mol. The molecule has 0 fully saturated rings. The first-order chi connectivity index (χ1) is 10.7. The molecule has 0 saturated heterocycles. The Morgan fingerprint density at radius 3 is 2.73 bits per heavy atom. The lowest BCUT2D eigenvalue weighted by atomic mass is 10.1. The Bertz CT molecular complexity index is 650. The van der Waals surface area contributed by atoms with E-state index in [2.05, 4.69) is 15.5 Å². The van der Waals surface area contributed by atoms with E-state index in [0.29, 0.717) is 31.3 Å². The van der Waals surface area contributed by atoms with Gasteiger partial charge in [-0.2, -0.15) is 5.26 Å². The summed E-state index contributed by atoms with van der Waals surface area (Å²) < 4.78 is 10.7. The third kappa shape index (κ3) is 4.43. The number of rotatable bonds is 7. The van der Waals surface area contributed by atoms with Crippen LogP contribution in [0.5, 0.6) is 5.75 Å². The van der Waals surface area contributed by atoms with Gasteiger partial charge in [0.1, 0.15) is 24.2 Å². The Kier molecular flexibility index (Phi) is 5.69. The van der Waals surface area contributed by atoms with E-state index >= 15 is 0 Å². The molecule has 0 aliphatic carbocycles. The molecule has 1 aromatic heterocycles. The summed E-state index contributed by atoms with van der Waals surface area (Å²) in [5.74, 6) is 1.44. The first kappa shape index (κ1) is 15.7. The van der Waals surface area contributed by atoms with Gasteiger partial charge in [0, 0.05) is 19.2 Å². The largest absolute Gasteiger partial charge is 0.491 e. The molecule has 114 valence electrons. The first-order valence-corrected chi connectivity index (χ1v) is 6.92. The fourth-order valence-corrected chi connectivity index (χ4v) is 1.85. The first-order valence-electron chi connectivity index (χ1n) is 6.92. The zero-order valence-corrected chi connectivity index (χ0v) is 12.7. The SMILES string of the molecule is COCCOc1cc(C)ccc1CNc1ccc(C#N)nn1. The maximum atomic E-state index is 8.70. The molecule has 1 aromatic carbocycles. The van der Waals surface area contributed by atoms with Crippen LogP contribution in [0, 0.1) is 18.3 Å². The van der Waals surface area contributed by atoms with E-state index in [0.717, 1.165) is 16.9 Å². The number of nitrogens with zero attached hydrogens (tertiary/aromatic N) is 3. The smallest absolute Gasteiger partial charge is 0.163 e. The summed E-state index contributed by atoms with van der Waals surface area (Å²) in [6.45, 7) is 3.63. The number of ether oxygens (including phenoxy) is 2. The van der Waals surface area contributed by atoms with Crippen molar-refractivity contribution in [2.75, 3.05) is 25.6 Å². The molecule has 2 rings (SSSR count). The van der Waals surface area contributed by atoms with Crippen molar-refractivity contribution >= 4 is 5.82 Å². The number of nitriles is 1. The molecule has 0 saturated carbocycles. The summed E-state index contributed by atoms with van der Waals surface area (Å²) >= 11 is 0. The second-order valence-electron chi connectivity index (χ2n) is 4.72. The Morgan fingerprint density at radius 2 is 2.05 bits per heavy atom. The fourth-order valence-electron chi connectivity index (χ4n) is 1.85. The fraction of sp³-hybridized carbons (Fsp3) is 0.312. The summed E-state index contributed by atoms with van der Waals surface area (Å²) in [5.41, 5.74) is 2.45. The lowest BCUT2D eigenvalue weighted by molar-refractivity contribution is 0.146. The van der Waals surface area contributed by atoms with E-state index in [1.165, 1.54) is 0 Å². The van der Waals surface area contributed by atoms with Gasteiger partial charge >= 0.3 is 0 Å². The van der Waals surface area contributed by atoms with Crippen LogP contribution in [0.1, 0.15) is 16.8 Å². The van der Waals surface area contributed by atoms with Crippen LogP contribution in [0.15, 0.2) is 30.3 Å². The van der Waals surface area contributed by atoms with Crippen molar-refractivity contribution in [1.29, 1.82) is 5.26 Å². The summed E-state index contributed by atoms with van der Waals surface area (Å²) in [7, 11) is 1.64. The number of nitrogens with one attached hydrogen (secondary N) is 1. The van der Waals surface area contributed by atoms with E-state index in [-0.39, 0.29) is 0 Å². The molecular formula is C16H18N4O2. The van der Waals surface area contributed by atoms with Crippen LogP contribution in [-0.2, 0) is 11.3 Å². The predicted molar refractivity (Wildman–Crippen MR) is 82.6 cm³/mol. The van der Waals surface area contributed by atoms with Crippen LogP contribution in [0.2, 0.25) is 0 Å². The van der Waals surface area contributed by atoms with Crippen LogP contribution >= 0.6 is 0 Å². The molecule has 0 aliphatic heterocycles. The van der Waals surface area contributed by atoms with Crippen molar-refractivity contribution in [3.63, 3.8) is 0 Å². The van der Waals surface area contributed by atoms with Gasteiger partial charge < -0.3 is 14.8 Å². The highest BCUT2D eigenvalue weighted by atomic mass is 16.5. The Morgan fingerprint density at radius 1 is 1.18 bits per heavy atom. The molecule has 1 heterocycles. The van der Waals surface area contributed by atoms with Crippen molar-refractivity contribution in [2.45, 2.75) is 13.5 Å². The highest BCUT2D eigenvalue weighted by Gasteiger charge is 2.05. The minimum atomic E-state index is 0.296. The maximum absolute atomic E-state index is 8.70. The number of hydrogen-bond acceptors (Lipinski definition) is 6. The van der Waals surface area contributed by atoms with Crippen molar-refractivity contribution in [3.05, 3.63) is 47.2 Å². The topological polar surface area (TPSA) is 80.1 Å². The minimum Gasteiger partial charge on any atom is -0.491 e. The van der Waals surface area contributed by atoms with E-state index in [1.54, 1.807) is 19.2 Å². The minimum absolute atomic E-state index is 0.296. The van der Waals surface area contributed by atoms with Crippen LogP contribution in [-0.4, -0.2) is 30.5 Å². The van der Waals surface area contributed by atoms with Crippen molar-refractivity contribution < 1.29 is 9.47 Å². The predicted octanol–water partition coefficient (Wildman–Crippen LogP) is 2.29. The average Bonchev–Trinajstić information content (AvgIpc) is 2.55. The van der Waals surface area contributed by atoms with Crippen LogP contribution < -0.4 is 10.1 Å². The maximum Gasteiger partial charge on any atom is 0.163 e. The van der Waals surface area contributed by atoms with Crippen LogP contribution in [0.3, 0.4) is 0 Å². The molecule has 0 spiro atoms. The number of methoxy groups -OCH3 is 1. The van der Waals surface area contributed by atoms with Gasteiger partial charge in [-0.1, -0.05) is 12.1 Å². The molecule has 0 radical (unpaired) electrons. The number of aromatic nitrogens is 2. The molecule has 0 unspecified atom stereocenters. The third-order valence-electron chi connectivity index (χ3n) is 3.01. The lowest BCUT2D eigenvalue weighted by Crippen LogP contribution is -2.09. The number of benzene rings is 1. The second kappa shape index (κ2) is 7.96. The van der Waals surface area contributed by atoms with Crippen LogP contribution in [0.4, 0.5) is 5.82 Å². The van der Waals surface area contributed by atoms with Crippen molar-refractivity contribution in [3.8, 4) is 11.8 Å². The molecule has 6 nitrogen and oxygen atoms in total. The van der Waals surface area contributed by atoms with Gasteiger partial charge in [-0.3, -0.25) is 0 Å². The van der Waals surface area contributed by atoms with E-state index < -0.39 is 0 Å². The summed E-state index contributed by atoms with van der Waals surface area (Å²) in [4.78, 5) is 0. The molecule has 0 aliphatic rings. The van der Waals surface area contributed by atoms with Gasteiger partial charge in [0.05, 0.1) is 6.61 Å². The van der Waals surface area contributed by atoms with Gasteiger partial charge in [0.25, 0.3) is 0 Å². The molecule has 1 N–H and O–H groups in total. The number of aryl methyl sites for hydroxylation is 1. The Labute approximate surface area is 129 Å². The second-order valence-corrected chi connectivity index (χ2v) is 4.72. The number of hydrogen-bond donors (Lipinski definition) is 1. The van der Waals surface area contributed by atoms with Crippen molar-refractivity contribution in [1.82, 2.24) is 10.2 Å². The normalized spacial score (nSPS) is 10.0. The standard InChI is InChI=1S/C16H18N4O2/c1-12-3-4-13(15(9-12)22-8-7-21-2)11-18-16-6-5-14(10-17)19-20-16/h3-6,9H,7-8,11H2,1-2H3,(H,18,20). The van der Waals surface area contributed by atoms with Gasteiger partial charge in [0.15, 0.2) is 5.69 Å². The summed E-state index contributed by atoms with van der Waals surface area (Å²) in [6, 6.07) is 11.3. The van der Waals surface area contributed by atoms with Crippen LogP contribution in [0.25, 0.3) is 0 Å². The number of anilines is 1. The quantitative estimate of drug-likeness (QED) is 0.790. The molecule has 0 amide bonds. The highest BCUT2D eigenvalue weighted by molar-refractivity contribution is 5.41. The average molecular weight is 298 g/mol. The Hall–Kier alpha value is -2.65. The van der Waals surface area contributed by atoms with Crippen molar-refractivity contribution in [2.24, 2.45) is 0 Å². The van der Waals surface area contributed by atoms with Gasteiger partial charge in [-0.15, -0.1) is 10.2 Å². The van der Waals surface area contributed by atoms with Gasteiger partial charge in [0.2, 0.25) is 0 Å². The summed E-state index contributed by atoms with van der Waals surface area (Å²) in [6.07, 6.45) is 0. The van der Waals surface area contributed by atoms with E-state index in [1.807, 2.05) is 31.2 Å². The lowest BCUT2D eigenvalue weighted by Gasteiger charge is -2.13. The zero-order valence-electron chi connectivity index (χ0n) is 12.7. The Balaban J connectivity index is 2.03. The van der Waals surface area contributed by atoms with E-state index in [9.17, 15) is 0 Å². The molecule has 0 bridgehead atoms. The highest BCUT2D eigenvalue weighted by Crippen LogP contribution is 2.21. The zero-order chi connectivity index (χ0) is 15.8. The molecular weight excluding hydrogens is 280 g/mol. The molecule has 22 heavy (non-hydrogen) atoms. The van der Waals surface area contributed by atoms with Gasteiger partial charge in [-0.05, 0) is 30.7 Å².